The van der Waals surface area contributed by atoms with Crippen molar-refractivity contribution in [2.45, 2.75) is 89.5 Å². The fourth-order valence-corrected chi connectivity index (χ4v) is 3.03. The average Bonchev–Trinajstić information content (AvgIpc) is 3.30. The highest BCUT2D eigenvalue weighted by Crippen LogP contribution is 2.26. The molecule has 2 aliphatic carbocycles. The smallest absolute Gasteiger partial charge is 0.407 e. The number of ketones is 1. The molecule has 7 nitrogen and oxygen atoms in total. The third-order valence-electron chi connectivity index (χ3n) is 4.50. The quantitative estimate of drug-likeness (QED) is 0.673. The molecule has 2 fully saturated rings. The first kappa shape index (κ1) is 19.7. The van der Waals surface area contributed by atoms with Crippen LogP contribution in [0.1, 0.15) is 65.7 Å². The summed E-state index contributed by atoms with van der Waals surface area (Å²) >= 11 is 0. The lowest BCUT2D eigenvalue weighted by Gasteiger charge is -2.30. The van der Waals surface area contributed by atoms with E-state index in [9.17, 15) is 19.5 Å². The first-order valence-corrected chi connectivity index (χ1v) is 9.16. The Morgan fingerprint density at radius 1 is 1.24 bits per heavy atom. The number of carbonyl (C=O) groups is 3. The van der Waals surface area contributed by atoms with Crippen LogP contribution in [0.3, 0.4) is 0 Å². The molecule has 7 heteroatoms. The average molecular weight is 354 g/mol. The van der Waals surface area contributed by atoms with Crippen molar-refractivity contribution in [3.63, 3.8) is 0 Å². The zero-order valence-electron chi connectivity index (χ0n) is 15.3. The molecule has 2 amide bonds. The molecular weight excluding hydrogens is 324 g/mol. The summed E-state index contributed by atoms with van der Waals surface area (Å²) in [4.78, 5) is 36.4. The molecule has 2 saturated carbocycles. The fourth-order valence-electron chi connectivity index (χ4n) is 3.03. The van der Waals surface area contributed by atoms with E-state index in [1.54, 1.807) is 20.8 Å². The zero-order chi connectivity index (χ0) is 18.6. The van der Waals surface area contributed by atoms with Crippen LogP contribution in [0.25, 0.3) is 0 Å². The maximum atomic E-state index is 12.2. The number of hydrogen-bond acceptors (Lipinski definition) is 5. The summed E-state index contributed by atoms with van der Waals surface area (Å²) < 4.78 is 5.23. The van der Waals surface area contributed by atoms with Crippen LogP contribution in [0.2, 0.25) is 0 Å². The summed E-state index contributed by atoms with van der Waals surface area (Å²) in [6.45, 7) is 5.22. The summed E-state index contributed by atoms with van der Waals surface area (Å²) in [5.74, 6) is -0.610. The molecule has 2 rings (SSSR count). The highest BCUT2D eigenvalue weighted by atomic mass is 16.6. The van der Waals surface area contributed by atoms with Crippen LogP contribution in [-0.4, -0.2) is 46.7 Å². The van der Waals surface area contributed by atoms with Crippen LogP contribution >= 0.6 is 0 Å². The van der Waals surface area contributed by atoms with Crippen molar-refractivity contribution in [1.82, 2.24) is 10.6 Å². The first-order valence-electron chi connectivity index (χ1n) is 9.16. The molecule has 25 heavy (non-hydrogen) atoms. The topological polar surface area (TPSA) is 105 Å². The number of aliphatic hydroxyl groups is 1. The Balaban J connectivity index is 2.01. The van der Waals surface area contributed by atoms with Gasteiger partial charge in [-0.15, -0.1) is 0 Å². The van der Waals surface area contributed by atoms with Gasteiger partial charge in [0.2, 0.25) is 0 Å². The molecule has 3 N–H and O–H groups in total. The highest BCUT2D eigenvalue weighted by Gasteiger charge is 2.36. The number of carbonyl (C=O) groups excluding carboxylic acids is 3. The van der Waals surface area contributed by atoms with Crippen LogP contribution in [0, 0.1) is 5.92 Å². The van der Waals surface area contributed by atoms with E-state index in [4.69, 9.17) is 4.74 Å². The van der Waals surface area contributed by atoms with Crippen molar-refractivity contribution in [2.75, 3.05) is 0 Å². The number of rotatable bonds is 6. The summed E-state index contributed by atoms with van der Waals surface area (Å²) in [6, 6.07) is -0.735. The van der Waals surface area contributed by atoms with Gasteiger partial charge in [-0.1, -0.05) is 6.42 Å². The van der Waals surface area contributed by atoms with Crippen molar-refractivity contribution in [2.24, 2.45) is 5.92 Å². The molecule has 0 aliphatic heterocycles. The van der Waals surface area contributed by atoms with Gasteiger partial charge in [0, 0.05) is 18.4 Å². The Labute approximate surface area is 148 Å². The van der Waals surface area contributed by atoms with E-state index >= 15 is 0 Å². The Kier molecular flexibility index (Phi) is 6.43. The van der Waals surface area contributed by atoms with Gasteiger partial charge in [0.05, 0.1) is 6.04 Å². The van der Waals surface area contributed by atoms with E-state index in [1.807, 2.05) is 0 Å². The number of aliphatic hydroxyl groups excluding tert-OH is 1. The number of nitrogens with one attached hydrogen (secondary N) is 2. The molecule has 2 aliphatic rings. The Morgan fingerprint density at radius 3 is 2.48 bits per heavy atom. The molecule has 3 atom stereocenters. The monoisotopic (exact) mass is 354 g/mol. The van der Waals surface area contributed by atoms with Gasteiger partial charge in [0.15, 0.2) is 6.10 Å². The van der Waals surface area contributed by atoms with Crippen LogP contribution in [0.4, 0.5) is 4.79 Å². The molecule has 0 spiro atoms. The minimum Gasteiger partial charge on any atom is -0.444 e. The summed E-state index contributed by atoms with van der Waals surface area (Å²) in [6.07, 6.45) is 3.03. The van der Waals surface area contributed by atoms with Gasteiger partial charge >= 0.3 is 6.09 Å². The molecule has 0 aromatic carbocycles. The third-order valence-corrected chi connectivity index (χ3v) is 4.50. The maximum absolute atomic E-state index is 12.2. The summed E-state index contributed by atoms with van der Waals surface area (Å²) in [7, 11) is 0. The second-order valence-electron chi connectivity index (χ2n) is 8.13. The first-order chi connectivity index (χ1) is 11.7. The van der Waals surface area contributed by atoms with Crippen molar-refractivity contribution in [1.29, 1.82) is 0 Å². The summed E-state index contributed by atoms with van der Waals surface area (Å²) in [5.41, 5.74) is -0.684. The van der Waals surface area contributed by atoms with Crippen LogP contribution in [-0.2, 0) is 14.3 Å². The summed E-state index contributed by atoms with van der Waals surface area (Å²) in [5, 5.41) is 15.8. The molecule has 0 heterocycles. The second kappa shape index (κ2) is 8.17. The van der Waals surface area contributed by atoms with E-state index in [-0.39, 0.29) is 24.2 Å². The number of ether oxygens (including phenoxy) is 1. The van der Waals surface area contributed by atoms with Crippen LogP contribution in [0.5, 0.6) is 0 Å². The Hall–Kier alpha value is -1.63. The minimum atomic E-state index is -1.40. The van der Waals surface area contributed by atoms with E-state index in [0.717, 1.165) is 32.1 Å². The lowest BCUT2D eigenvalue weighted by molar-refractivity contribution is -0.132. The molecule has 0 bridgehead atoms. The zero-order valence-corrected chi connectivity index (χ0v) is 15.3. The van der Waals surface area contributed by atoms with Crippen molar-refractivity contribution in [3.8, 4) is 0 Å². The molecule has 142 valence electrons. The SMILES string of the molecule is CC(C)(C)OC(=O)N[C@@H](C[C@@H]1CCCCC1=O)C(O)C(=O)NC1CC1. The number of amides is 2. The molecule has 0 radical (unpaired) electrons. The van der Waals surface area contributed by atoms with Gasteiger partial charge in [0.25, 0.3) is 5.91 Å². The lowest BCUT2D eigenvalue weighted by atomic mass is 9.82. The standard InChI is InChI=1S/C18H30N2O5/c1-18(2,3)25-17(24)20-13(10-11-6-4-5-7-14(11)21)15(22)16(23)19-12-8-9-12/h11-13,15,22H,4-10H2,1-3H3,(H,19,23)(H,20,24)/t11-,13-,15?/m0/s1. The third kappa shape index (κ3) is 6.65. The van der Waals surface area contributed by atoms with Crippen LogP contribution in [0.15, 0.2) is 0 Å². The largest absolute Gasteiger partial charge is 0.444 e. The van der Waals surface area contributed by atoms with Gasteiger partial charge in [-0.05, 0) is 52.9 Å². The van der Waals surface area contributed by atoms with Crippen molar-refractivity contribution >= 4 is 17.8 Å². The molecule has 0 aromatic heterocycles. The normalized spacial score (nSPS) is 23.5. The van der Waals surface area contributed by atoms with Crippen LogP contribution < -0.4 is 10.6 Å². The molecule has 1 unspecified atom stereocenters. The highest BCUT2D eigenvalue weighted by molar-refractivity contribution is 5.84. The van der Waals surface area contributed by atoms with E-state index in [1.165, 1.54) is 0 Å². The van der Waals surface area contributed by atoms with Crippen molar-refractivity contribution in [3.05, 3.63) is 0 Å². The van der Waals surface area contributed by atoms with Gasteiger partial charge in [-0.25, -0.2) is 4.79 Å². The van der Waals surface area contributed by atoms with E-state index < -0.39 is 29.7 Å². The van der Waals surface area contributed by atoms with Gasteiger partial charge in [-0.2, -0.15) is 0 Å². The fraction of sp³-hybridized carbons (Fsp3) is 0.833. The van der Waals surface area contributed by atoms with Crippen molar-refractivity contribution < 1.29 is 24.2 Å². The van der Waals surface area contributed by atoms with E-state index in [0.29, 0.717) is 6.42 Å². The Morgan fingerprint density at radius 2 is 1.92 bits per heavy atom. The van der Waals surface area contributed by atoms with E-state index in [2.05, 4.69) is 10.6 Å². The molecular formula is C18H30N2O5. The number of Topliss-reactive ketones (excluding diaryl/α,β-unsaturated/α-hetero) is 1. The molecule has 0 aromatic rings. The second-order valence-corrected chi connectivity index (χ2v) is 8.13. The molecule has 0 saturated heterocycles. The number of hydrogen-bond donors (Lipinski definition) is 3. The Bertz CT molecular complexity index is 510. The van der Waals surface area contributed by atoms with Gasteiger partial charge in [-0.3, -0.25) is 9.59 Å². The predicted octanol–water partition coefficient (Wildman–Crippen LogP) is 1.67. The van der Waals surface area contributed by atoms with Gasteiger partial charge in [0.1, 0.15) is 11.4 Å². The predicted molar refractivity (Wildman–Crippen MR) is 91.9 cm³/mol. The number of alkyl carbamates (subject to hydrolysis) is 1. The lowest BCUT2D eigenvalue weighted by Crippen LogP contribution is -2.53. The minimum absolute atomic E-state index is 0.112. The van der Waals surface area contributed by atoms with Gasteiger partial charge < -0.3 is 20.5 Å². The maximum Gasteiger partial charge on any atom is 0.407 e.